The van der Waals surface area contributed by atoms with Gasteiger partial charge in [-0.25, -0.2) is 0 Å². The maximum Gasteiger partial charge on any atom is 0.258 e. The second-order valence-corrected chi connectivity index (χ2v) is 5.01. The number of phenolic OH excluding ortho intramolecular Hbond substituents is 1. The number of furan rings is 1. The molecule has 4 nitrogen and oxygen atoms in total. The molecule has 0 aliphatic heterocycles. The molecule has 0 aliphatic carbocycles. The third kappa shape index (κ3) is 2.81. The Labute approximate surface area is 119 Å². The van der Waals surface area contributed by atoms with E-state index < -0.39 is 0 Å². The van der Waals surface area contributed by atoms with Crippen LogP contribution < -0.4 is 0 Å². The first-order valence-corrected chi connectivity index (χ1v) is 6.59. The van der Waals surface area contributed by atoms with Crippen LogP contribution in [0.1, 0.15) is 28.9 Å². The van der Waals surface area contributed by atoms with Gasteiger partial charge in [-0.3, -0.25) is 4.79 Å². The van der Waals surface area contributed by atoms with Crippen molar-refractivity contribution in [2.75, 3.05) is 7.05 Å². The second kappa shape index (κ2) is 5.48. The molecule has 1 aromatic carbocycles. The molecule has 1 N–H and O–H groups in total. The molecule has 1 heterocycles. The van der Waals surface area contributed by atoms with Gasteiger partial charge in [-0.1, -0.05) is 12.1 Å². The van der Waals surface area contributed by atoms with Crippen LogP contribution in [0.15, 0.2) is 45.7 Å². The molecule has 100 valence electrons. The number of rotatable bonds is 3. The summed E-state index contributed by atoms with van der Waals surface area (Å²) in [5, 5.41) is 9.27. The van der Waals surface area contributed by atoms with Crippen LogP contribution in [0.25, 0.3) is 0 Å². The SMILES string of the molecule is CC(c1ccc(O)cc1)N(C)C(=O)c1ccoc1Br. The summed E-state index contributed by atoms with van der Waals surface area (Å²) in [5.74, 6) is 0.0868. The number of amides is 1. The van der Waals surface area contributed by atoms with Gasteiger partial charge in [0.15, 0.2) is 4.67 Å². The molecule has 2 aromatic rings. The molecule has 0 bridgehead atoms. The first-order chi connectivity index (χ1) is 9.00. The molecule has 0 fully saturated rings. The van der Waals surface area contributed by atoms with Gasteiger partial charge in [-0.05, 0) is 46.6 Å². The predicted octanol–water partition coefficient (Wildman–Crippen LogP) is 3.58. The van der Waals surface area contributed by atoms with Gasteiger partial charge >= 0.3 is 0 Å². The van der Waals surface area contributed by atoms with E-state index in [0.29, 0.717) is 10.2 Å². The Balaban J connectivity index is 2.19. The normalized spacial score (nSPS) is 12.2. The zero-order chi connectivity index (χ0) is 14.0. The molecule has 0 saturated carbocycles. The summed E-state index contributed by atoms with van der Waals surface area (Å²) in [4.78, 5) is 13.9. The highest BCUT2D eigenvalue weighted by Gasteiger charge is 2.22. The molecule has 0 radical (unpaired) electrons. The Morgan fingerprint density at radius 1 is 1.32 bits per heavy atom. The average Bonchev–Trinajstić information content (AvgIpc) is 2.83. The molecule has 0 spiro atoms. The largest absolute Gasteiger partial charge is 0.508 e. The van der Waals surface area contributed by atoms with Crippen molar-refractivity contribution in [1.82, 2.24) is 4.90 Å². The number of phenols is 1. The highest BCUT2D eigenvalue weighted by atomic mass is 79.9. The molecule has 1 aromatic heterocycles. The fourth-order valence-electron chi connectivity index (χ4n) is 1.79. The van der Waals surface area contributed by atoms with Crippen LogP contribution in [0.4, 0.5) is 0 Å². The van der Waals surface area contributed by atoms with Crippen molar-refractivity contribution in [3.63, 3.8) is 0 Å². The molecule has 0 aliphatic rings. The summed E-state index contributed by atoms with van der Waals surface area (Å²) in [5.41, 5.74) is 1.45. The Morgan fingerprint density at radius 2 is 1.95 bits per heavy atom. The van der Waals surface area contributed by atoms with E-state index in [1.807, 2.05) is 6.92 Å². The van der Waals surface area contributed by atoms with E-state index in [0.717, 1.165) is 5.56 Å². The number of aromatic hydroxyl groups is 1. The van der Waals surface area contributed by atoms with Gasteiger partial charge in [0, 0.05) is 7.05 Å². The number of halogens is 1. The average molecular weight is 324 g/mol. The van der Waals surface area contributed by atoms with E-state index >= 15 is 0 Å². The summed E-state index contributed by atoms with van der Waals surface area (Å²) >= 11 is 3.20. The van der Waals surface area contributed by atoms with Crippen LogP contribution in [0.5, 0.6) is 5.75 Å². The van der Waals surface area contributed by atoms with E-state index in [2.05, 4.69) is 15.9 Å². The van der Waals surface area contributed by atoms with Crippen LogP contribution in [-0.4, -0.2) is 23.0 Å². The van der Waals surface area contributed by atoms with Crippen LogP contribution >= 0.6 is 15.9 Å². The molecule has 1 atom stereocenters. The predicted molar refractivity (Wildman–Crippen MR) is 75.0 cm³/mol. The minimum Gasteiger partial charge on any atom is -0.508 e. The molecule has 1 unspecified atom stereocenters. The fraction of sp³-hybridized carbons (Fsp3) is 0.214. The van der Waals surface area contributed by atoms with E-state index in [1.54, 1.807) is 42.3 Å². The molecule has 0 saturated heterocycles. The molecule has 5 heteroatoms. The minimum atomic E-state index is -0.124. The van der Waals surface area contributed by atoms with Gasteiger partial charge in [-0.2, -0.15) is 0 Å². The number of carbonyl (C=O) groups excluding carboxylic acids is 1. The molecule has 1 amide bonds. The second-order valence-electron chi connectivity index (χ2n) is 4.29. The molecular weight excluding hydrogens is 310 g/mol. The van der Waals surface area contributed by atoms with Gasteiger partial charge in [0.05, 0.1) is 17.9 Å². The Morgan fingerprint density at radius 3 is 2.47 bits per heavy atom. The summed E-state index contributed by atoms with van der Waals surface area (Å²) in [6.07, 6.45) is 1.47. The zero-order valence-electron chi connectivity index (χ0n) is 10.6. The van der Waals surface area contributed by atoms with Crippen LogP contribution in [0.2, 0.25) is 0 Å². The van der Waals surface area contributed by atoms with Crippen molar-refractivity contribution in [3.05, 3.63) is 52.4 Å². The van der Waals surface area contributed by atoms with Crippen molar-refractivity contribution in [1.29, 1.82) is 0 Å². The van der Waals surface area contributed by atoms with Crippen molar-refractivity contribution < 1.29 is 14.3 Å². The summed E-state index contributed by atoms with van der Waals surface area (Å²) in [7, 11) is 1.74. The van der Waals surface area contributed by atoms with E-state index in [1.165, 1.54) is 6.26 Å². The van der Waals surface area contributed by atoms with Crippen LogP contribution in [0.3, 0.4) is 0 Å². The lowest BCUT2D eigenvalue weighted by molar-refractivity contribution is 0.0740. The maximum absolute atomic E-state index is 12.3. The van der Waals surface area contributed by atoms with Gasteiger partial charge in [0.25, 0.3) is 5.91 Å². The van der Waals surface area contributed by atoms with Crippen molar-refractivity contribution >= 4 is 21.8 Å². The highest BCUT2D eigenvalue weighted by molar-refractivity contribution is 9.10. The van der Waals surface area contributed by atoms with Crippen LogP contribution in [0, 0.1) is 0 Å². The van der Waals surface area contributed by atoms with Gasteiger partial charge < -0.3 is 14.4 Å². The maximum atomic E-state index is 12.3. The van der Waals surface area contributed by atoms with Gasteiger partial charge in [-0.15, -0.1) is 0 Å². The smallest absolute Gasteiger partial charge is 0.258 e. The standard InChI is InChI=1S/C14H14BrNO3/c1-9(10-3-5-11(17)6-4-10)16(2)14(18)12-7-8-19-13(12)15/h3-9,17H,1-2H3. The molecule has 2 rings (SSSR count). The number of benzene rings is 1. The minimum absolute atomic E-state index is 0.102. The first-order valence-electron chi connectivity index (χ1n) is 5.79. The lowest BCUT2D eigenvalue weighted by Crippen LogP contribution is -2.29. The van der Waals surface area contributed by atoms with Gasteiger partial charge in [0.1, 0.15) is 5.75 Å². The lowest BCUT2D eigenvalue weighted by atomic mass is 10.1. The number of hydrogen-bond acceptors (Lipinski definition) is 3. The van der Waals surface area contributed by atoms with E-state index in [-0.39, 0.29) is 17.7 Å². The Kier molecular flexibility index (Phi) is 3.95. The fourth-order valence-corrected chi connectivity index (χ4v) is 2.20. The monoisotopic (exact) mass is 323 g/mol. The van der Waals surface area contributed by atoms with Crippen LogP contribution in [-0.2, 0) is 0 Å². The number of hydrogen-bond donors (Lipinski definition) is 1. The third-order valence-electron chi connectivity index (χ3n) is 3.13. The summed E-state index contributed by atoms with van der Waals surface area (Å²) in [6, 6.07) is 8.35. The lowest BCUT2D eigenvalue weighted by Gasteiger charge is -2.25. The quantitative estimate of drug-likeness (QED) is 0.939. The van der Waals surface area contributed by atoms with E-state index in [9.17, 15) is 9.90 Å². The first kappa shape index (κ1) is 13.7. The highest BCUT2D eigenvalue weighted by Crippen LogP contribution is 2.25. The molecule has 19 heavy (non-hydrogen) atoms. The van der Waals surface area contributed by atoms with Gasteiger partial charge in [0.2, 0.25) is 0 Å². The van der Waals surface area contributed by atoms with Crippen molar-refractivity contribution in [2.45, 2.75) is 13.0 Å². The Bertz CT molecular complexity index is 577. The van der Waals surface area contributed by atoms with E-state index in [4.69, 9.17) is 4.42 Å². The summed E-state index contributed by atoms with van der Waals surface area (Å²) < 4.78 is 5.51. The zero-order valence-corrected chi connectivity index (χ0v) is 12.2. The van der Waals surface area contributed by atoms with Crippen molar-refractivity contribution in [3.8, 4) is 5.75 Å². The topological polar surface area (TPSA) is 53.7 Å². The Hall–Kier alpha value is -1.75. The van der Waals surface area contributed by atoms with Crippen molar-refractivity contribution in [2.24, 2.45) is 0 Å². The summed E-state index contributed by atoms with van der Waals surface area (Å²) in [6.45, 7) is 1.93. The molecular formula is C14H14BrNO3. The number of carbonyl (C=O) groups is 1. The number of nitrogens with zero attached hydrogens (tertiary/aromatic N) is 1. The third-order valence-corrected chi connectivity index (χ3v) is 3.74.